The van der Waals surface area contributed by atoms with Gasteiger partial charge in [-0.05, 0) is 42.8 Å². The zero-order valence-corrected chi connectivity index (χ0v) is 16.6. The van der Waals surface area contributed by atoms with Crippen LogP contribution in [0.15, 0.2) is 66.7 Å². The first-order chi connectivity index (χ1) is 14.0. The second kappa shape index (κ2) is 9.71. The number of hydrogen-bond acceptors (Lipinski definition) is 4. The van der Waals surface area contributed by atoms with Crippen LogP contribution >= 0.6 is 0 Å². The number of nitrogens with zero attached hydrogens (tertiary/aromatic N) is 1. The standard InChI is InChI=1S/C23H25N3O3/c1-26(16-23(28)24-18-10-12-19(29-2)13-11-18)15-14-22(27)25-21-9-5-7-17-6-3-4-8-20(17)21/h3-13H,14-16H2,1-2H3,(H,24,28)(H,25,27). The van der Waals surface area contributed by atoms with Gasteiger partial charge in [0.1, 0.15) is 5.75 Å². The lowest BCUT2D eigenvalue weighted by molar-refractivity contribution is -0.119. The van der Waals surface area contributed by atoms with Crippen LogP contribution in [0.25, 0.3) is 10.8 Å². The number of likely N-dealkylation sites (N-methyl/N-ethyl adjacent to an activating group) is 1. The first kappa shape index (κ1) is 20.4. The smallest absolute Gasteiger partial charge is 0.238 e. The van der Waals surface area contributed by atoms with Gasteiger partial charge in [-0.3, -0.25) is 14.5 Å². The topological polar surface area (TPSA) is 70.7 Å². The molecule has 0 unspecified atom stereocenters. The molecule has 0 fully saturated rings. The van der Waals surface area contributed by atoms with Crippen molar-refractivity contribution >= 4 is 34.0 Å². The van der Waals surface area contributed by atoms with Crippen LogP contribution < -0.4 is 15.4 Å². The fourth-order valence-electron chi connectivity index (χ4n) is 3.04. The van der Waals surface area contributed by atoms with E-state index in [2.05, 4.69) is 10.6 Å². The molecule has 0 aliphatic carbocycles. The maximum atomic E-state index is 12.3. The Labute approximate surface area is 170 Å². The molecule has 0 radical (unpaired) electrons. The molecule has 3 rings (SSSR count). The highest BCUT2D eigenvalue weighted by molar-refractivity contribution is 6.02. The fourth-order valence-corrected chi connectivity index (χ4v) is 3.04. The number of carbonyl (C=O) groups excluding carboxylic acids is 2. The minimum absolute atomic E-state index is 0.0798. The van der Waals surface area contributed by atoms with Gasteiger partial charge in [0.05, 0.1) is 13.7 Å². The van der Waals surface area contributed by atoms with Gasteiger partial charge in [-0.25, -0.2) is 0 Å². The Kier molecular flexibility index (Phi) is 6.81. The second-order valence-electron chi connectivity index (χ2n) is 6.84. The summed E-state index contributed by atoms with van der Waals surface area (Å²) in [5.74, 6) is 0.521. The minimum atomic E-state index is -0.132. The van der Waals surface area contributed by atoms with Gasteiger partial charge in [-0.15, -0.1) is 0 Å². The number of nitrogens with one attached hydrogen (secondary N) is 2. The van der Waals surface area contributed by atoms with E-state index < -0.39 is 0 Å². The van der Waals surface area contributed by atoms with Gasteiger partial charge in [0, 0.05) is 29.7 Å². The van der Waals surface area contributed by atoms with E-state index in [4.69, 9.17) is 4.74 Å². The SMILES string of the molecule is COc1ccc(NC(=O)CN(C)CCC(=O)Nc2cccc3ccccc23)cc1. The van der Waals surface area contributed by atoms with Crippen molar-refractivity contribution in [2.45, 2.75) is 6.42 Å². The highest BCUT2D eigenvalue weighted by Crippen LogP contribution is 2.23. The van der Waals surface area contributed by atoms with Crippen molar-refractivity contribution in [3.05, 3.63) is 66.7 Å². The Morgan fingerprint density at radius 3 is 2.38 bits per heavy atom. The van der Waals surface area contributed by atoms with Gasteiger partial charge < -0.3 is 15.4 Å². The van der Waals surface area contributed by atoms with Gasteiger partial charge in [0.2, 0.25) is 11.8 Å². The summed E-state index contributed by atoms with van der Waals surface area (Å²) in [5.41, 5.74) is 1.51. The number of anilines is 2. The average Bonchev–Trinajstić information content (AvgIpc) is 2.73. The largest absolute Gasteiger partial charge is 0.497 e. The Morgan fingerprint density at radius 1 is 0.897 bits per heavy atom. The normalized spacial score (nSPS) is 10.7. The summed E-state index contributed by atoms with van der Waals surface area (Å²) in [7, 11) is 3.41. The van der Waals surface area contributed by atoms with Crippen LogP contribution in [0.1, 0.15) is 6.42 Å². The molecule has 0 saturated carbocycles. The summed E-state index contributed by atoms with van der Waals surface area (Å²) >= 11 is 0. The van der Waals surface area contributed by atoms with Crippen molar-refractivity contribution in [2.75, 3.05) is 37.9 Å². The number of rotatable bonds is 8. The monoisotopic (exact) mass is 391 g/mol. The van der Waals surface area contributed by atoms with E-state index in [0.717, 1.165) is 22.2 Å². The molecule has 0 bridgehead atoms. The summed E-state index contributed by atoms with van der Waals surface area (Å²) in [6.07, 6.45) is 0.301. The van der Waals surface area contributed by atoms with E-state index in [9.17, 15) is 9.59 Å². The molecule has 2 amide bonds. The van der Waals surface area contributed by atoms with E-state index in [0.29, 0.717) is 18.7 Å². The number of methoxy groups -OCH3 is 1. The summed E-state index contributed by atoms with van der Waals surface area (Å²) in [6, 6.07) is 20.9. The van der Waals surface area contributed by atoms with Crippen molar-refractivity contribution in [2.24, 2.45) is 0 Å². The lowest BCUT2D eigenvalue weighted by atomic mass is 10.1. The van der Waals surface area contributed by atoms with Crippen molar-refractivity contribution < 1.29 is 14.3 Å². The van der Waals surface area contributed by atoms with Crippen LogP contribution in [-0.4, -0.2) is 44.0 Å². The van der Waals surface area contributed by atoms with Crippen LogP contribution in [0.3, 0.4) is 0 Å². The van der Waals surface area contributed by atoms with Gasteiger partial charge in [0.25, 0.3) is 0 Å². The van der Waals surface area contributed by atoms with Gasteiger partial charge in [0.15, 0.2) is 0 Å². The summed E-state index contributed by atoms with van der Waals surface area (Å²) in [6.45, 7) is 0.681. The third-order valence-corrected chi connectivity index (χ3v) is 4.57. The molecule has 0 atom stereocenters. The van der Waals surface area contributed by atoms with Crippen LogP contribution in [0.4, 0.5) is 11.4 Å². The zero-order valence-electron chi connectivity index (χ0n) is 16.6. The summed E-state index contributed by atoms with van der Waals surface area (Å²) in [4.78, 5) is 26.3. The van der Waals surface area contributed by atoms with E-state index in [-0.39, 0.29) is 18.4 Å². The molecule has 0 saturated heterocycles. The molecule has 3 aromatic carbocycles. The lowest BCUT2D eigenvalue weighted by Gasteiger charge is -2.16. The van der Waals surface area contributed by atoms with E-state index >= 15 is 0 Å². The Bertz CT molecular complexity index is 981. The molecule has 29 heavy (non-hydrogen) atoms. The van der Waals surface area contributed by atoms with Crippen LogP contribution in [-0.2, 0) is 9.59 Å². The molecule has 0 heterocycles. The molecule has 3 aromatic rings. The number of carbonyl (C=O) groups is 2. The molecule has 0 spiro atoms. The van der Waals surface area contributed by atoms with Gasteiger partial charge in [-0.1, -0.05) is 36.4 Å². The van der Waals surface area contributed by atoms with E-state index in [1.807, 2.05) is 54.4 Å². The molecule has 6 nitrogen and oxygen atoms in total. The minimum Gasteiger partial charge on any atom is -0.497 e. The third-order valence-electron chi connectivity index (χ3n) is 4.57. The van der Waals surface area contributed by atoms with Crippen molar-refractivity contribution in [1.82, 2.24) is 4.90 Å². The first-order valence-electron chi connectivity index (χ1n) is 9.45. The first-order valence-corrected chi connectivity index (χ1v) is 9.45. The highest BCUT2D eigenvalue weighted by Gasteiger charge is 2.10. The van der Waals surface area contributed by atoms with Crippen molar-refractivity contribution in [1.29, 1.82) is 0 Å². The summed E-state index contributed by atoms with van der Waals surface area (Å²) in [5, 5.41) is 7.89. The van der Waals surface area contributed by atoms with Crippen LogP contribution in [0.5, 0.6) is 5.75 Å². The number of benzene rings is 3. The lowest BCUT2D eigenvalue weighted by Crippen LogP contribution is -2.32. The number of hydrogen-bond donors (Lipinski definition) is 2. The molecule has 0 aliphatic heterocycles. The predicted octanol–water partition coefficient (Wildman–Crippen LogP) is 3.75. The quantitative estimate of drug-likeness (QED) is 0.614. The molecule has 0 aliphatic rings. The Balaban J connectivity index is 1.46. The number of fused-ring (bicyclic) bond motifs is 1. The average molecular weight is 391 g/mol. The van der Waals surface area contributed by atoms with Crippen LogP contribution in [0.2, 0.25) is 0 Å². The number of amides is 2. The molecule has 0 aromatic heterocycles. The zero-order chi connectivity index (χ0) is 20.6. The molecular weight excluding hydrogens is 366 g/mol. The number of ether oxygens (including phenoxy) is 1. The molecular formula is C23H25N3O3. The van der Waals surface area contributed by atoms with Gasteiger partial charge in [-0.2, -0.15) is 0 Å². The van der Waals surface area contributed by atoms with Crippen molar-refractivity contribution in [3.63, 3.8) is 0 Å². The third kappa shape index (κ3) is 5.80. The maximum Gasteiger partial charge on any atom is 0.238 e. The molecule has 6 heteroatoms. The highest BCUT2D eigenvalue weighted by atomic mass is 16.5. The fraction of sp³-hybridized carbons (Fsp3) is 0.217. The predicted molar refractivity (Wildman–Crippen MR) is 116 cm³/mol. The van der Waals surface area contributed by atoms with Gasteiger partial charge >= 0.3 is 0 Å². The van der Waals surface area contributed by atoms with E-state index in [1.165, 1.54) is 0 Å². The Hall–Kier alpha value is -3.38. The van der Waals surface area contributed by atoms with Crippen LogP contribution in [0, 0.1) is 0 Å². The van der Waals surface area contributed by atoms with E-state index in [1.54, 1.807) is 31.4 Å². The summed E-state index contributed by atoms with van der Waals surface area (Å²) < 4.78 is 5.10. The maximum absolute atomic E-state index is 12.3. The second-order valence-corrected chi connectivity index (χ2v) is 6.84. The van der Waals surface area contributed by atoms with Crippen molar-refractivity contribution in [3.8, 4) is 5.75 Å². The molecule has 2 N–H and O–H groups in total. The Morgan fingerprint density at radius 2 is 1.62 bits per heavy atom. The molecule has 150 valence electrons.